The largest absolute Gasteiger partial charge is 0.378 e. The molecule has 1 unspecified atom stereocenters. The van der Waals surface area contributed by atoms with E-state index in [0.717, 1.165) is 18.5 Å². The molecule has 2 aliphatic heterocycles. The van der Waals surface area contributed by atoms with Crippen molar-refractivity contribution < 1.29 is 14.1 Å². The molecule has 27 heavy (non-hydrogen) atoms. The van der Waals surface area contributed by atoms with Crippen LogP contribution >= 0.6 is 12.4 Å². The summed E-state index contributed by atoms with van der Waals surface area (Å²) in [6, 6.07) is 9.68. The monoisotopic (exact) mass is 392 g/mol. The van der Waals surface area contributed by atoms with Crippen LogP contribution in [0.1, 0.15) is 16.8 Å². The van der Waals surface area contributed by atoms with Crippen molar-refractivity contribution in [2.24, 2.45) is 11.7 Å². The Morgan fingerprint density at radius 2 is 1.93 bits per heavy atom. The van der Waals surface area contributed by atoms with Crippen LogP contribution in [0, 0.1) is 5.92 Å². The Kier molecular flexibility index (Phi) is 6.36. The number of carbonyl (C=O) groups excluding carboxylic acids is 1. The molecule has 2 aromatic rings. The maximum Gasteiger partial charge on any atom is 0.261 e. The first-order valence-corrected chi connectivity index (χ1v) is 9.15. The lowest BCUT2D eigenvalue weighted by Gasteiger charge is -2.27. The number of halogens is 1. The van der Waals surface area contributed by atoms with E-state index in [1.807, 2.05) is 35.2 Å². The number of benzene rings is 1. The van der Waals surface area contributed by atoms with E-state index in [4.69, 9.17) is 15.0 Å². The van der Waals surface area contributed by atoms with Crippen LogP contribution in [0.4, 0.5) is 5.82 Å². The average Bonchev–Trinajstić information content (AvgIpc) is 3.36. The van der Waals surface area contributed by atoms with E-state index in [9.17, 15) is 4.79 Å². The molecule has 2 fully saturated rings. The SMILES string of the molecule is Cl.NCC1CCN(C(=O)c2c(N3CCOCC3)noc2-c2ccccc2)C1. The van der Waals surface area contributed by atoms with Crippen molar-refractivity contribution in [1.82, 2.24) is 10.1 Å². The quantitative estimate of drug-likeness (QED) is 0.856. The summed E-state index contributed by atoms with van der Waals surface area (Å²) < 4.78 is 11.1. The molecule has 1 aromatic carbocycles. The zero-order valence-electron chi connectivity index (χ0n) is 15.2. The molecule has 2 aliphatic rings. The van der Waals surface area contributed by atoms with Crippen molar-refractivity contribution in [1.29, 1.82) is 0 Å². The van der Waals surface area contributed by atoms with Crippen molar-refractivity contribution in [2.75, 3.05) is 50.8 Å². The molecule has 2 saturated heterocycles. The van der Waals surface area contributed by atoms with Gasteiger partial charge in [0.05, 0.1) is 13.2 Å². The normalized spacial score (nSPS) is 19.8. The average molecular weight is 393 g/mol. The highest BCUT2D eigenvalue weighted by molar-refractivity contribution is 6.04. The summed E-state index contributed by atoms with van der Waals surface area (Å²) in [6.07, 6.45) is 0.946. The van der Waals surface area contributed by atoms with Gasteiger partial charge in [0.2, 0.25) is 0 Å². The van der Waals surface area contributed by atoms with Crippen LogP contribution in [0.3, 0.4) is 0 Å². The first kappa shape index (κ1) is 19.7. The van der Waals surface area contributed by atoms with E-state index >= 15 is 0 Å². The molecule has 0 aliphatic carbocycles. The van der Waals surface area contributed by atoms with Crippen LogP contribution in [-0.4, -0.2) is 61.9 Å². The third-order valence-corrected chi connectivity index (χ3v) is 5.14. The molecule has 3 heterocycles. The summed E-state index contributed by atoms with van der Waals surface area (Å²) >= 11 is 0. The first-order valence-electron chi connectivity index (χ1n) is 9.15. The van der Waals surface area contributed by atoms with E-state index in [1.54, 1.807) is 0 Å². The Labute approximate surface area is 164 Å². The van der Waals surface area contributed by atoms with Crippen molar-refractivity contribution in [3.05, 3.63) is 35.9 Å². The molecule has 2 N–H and O–H groups in total. The predicted molar refractivity (Wildman–Crippen MR) is 105 cm³/mol. The maximum atomic E-state index is 13.4. The second-order valence-electron chi connectivity index (χ2n) is 6.82. The van der Waals surface area contributed by atoms with Gasteiger partial charge in [0.15, 0.2) is 11.6 Å². The highest BCUT2D eigenvalue weighted by Gasteiger charge is 2.34. The lowest BCUT2D eigenvalue weighted by atomic mass is 10.1. The zero-order chi connectivity index (χ0) is 17.9. The number of hydrogen-bond donors (Lipinski definition) is 1. The maximum absolute atomic E-state index is 13.4. The van der Waals surface area contributed by atoms with Crippen molar-refractivity contribution >= 4 is 24.1 Å². The van der Waals surface area contributed by atoms with Crippen LogP contribution in [0.25, 0.3) is 11.3 Å². The molecule has 0 radical (unpaired) electrons. The van der Waals surface area contributed by atoms with Crippen LogP contribution in [0.2, 0.25) is 0 Å². The summed E-state index contributed by atoms with van der Waals surface area (Å²) in [7, 11) is 0. The van der Waals surface area contributed by atoms with Gasteiger partial charge in [0.1, 0.15) is 5.56 Å². The molecule has 1 aromatic heterocycles. The Morgan fingerprint density at radius 1 is 1.19 bits per heavy atom. The molecule has 7 nitrogen and oxygen atoms in total. The number of aromatic nitrogens is 1. The summed E-state index contributed by atoms with van der Waals surface area (Å²) in [5.74, 6) is 1.50. The van der Waals surface area contributed by atoms with Gasteiger partial charge in [0.25, 0.3) is 5.91 Å². The Bertz CT molecular complexity index is 762. The molecule has 0 bridgehead atoms. The van der Waals surface area contributed by atoms with Gasteiger partial charge in [-0.15, -0.1) is 12.4 Å². The van der Waals surface area contributed by atoms with Gasteiger partial charge in [-0.3, -0.25) is 4.79 Å². The minimum absolute atomic E-state index is 0. The van der Waals surface area contributed by atoms with E-state index in [-0.39, 0.29) is 18.3 Å². The number of anilines is 1. The van der Waals surface area contributed by atoms with Crippen LogP contribution in [0.15, 0.2) is 34.9 Å². The number of rotatable bonds is 4. The number of morpholine rings is 1. The second-order valence-corrected chi connectivity index (χ2v) is 6.82. The van der Waals surface area contributed by atoms with Crippen LogP contribution < -0.4 is 10.6 Å². The molecule has 146 valence electrons. The fourth-order valence-electron chi connectivity index (χ4n) is 3.62. The summed E-state index contributed by atoms with van der Waals surface area (Å²) in [5.41, 5.74) is 7.20. The van der Waals surface area contributed by atoms with E-state index in [0.29, 0.717) is 62.5 Å². The summed E-state index contributed by atoms with van der Waals surface area (Å²) in [4.78, 5) is 17.3. The van der Waals surface area contributed by atoms with Gasteiger partial charge in [-0.25, -0.2) is 0 Å². The van der Waals surface area contributed by atoms with Gasteiger partial charge in [0, 0.05) is 31.7 Å². The Balaban J connectivity index is 0.00000210. The molecule has 1 amide bonds. The van der Waals surface area contributed by atoms with Crippen molar-refractivity contribution in [3.8, 4) is 11.3 Å². The predicted octanol–water partition coefficient (Wildman–Crippen LogP) is 2.02. The van der Waals surface area contributed by atoms with Gasteiger partial charge in [-0.2, -0.15) is 0 Å². The third kappa shape index (κ3) is 3.95. The number of carbonyl (C=O) groups is 1. The number of nitrogens with zero attached hydrogens (tertiary/aromatic N) is 3. The minimum atomic E-state index is -0.0254. The van der Waals surface area contributed by atoms with E-state index in [2.05, 4.69) is 10.1 Å². The zero-order valence-corrected chi connectivity index (χ0v) is 16.0. The standard InChI is InChI=1S/C19H24N4O3.ClH/c20-12-14-6-7-23(13-14)19(24)16-17(15-4-2-1-3-5-15)26-21-18(16)22-8-10-25-11-9-22;/h1-5,14H,6-13,20H2;1H. The molecule has 8 heteroatoms. The fraction of sp³-hybridized carbons (Fsp3) is 0.474. The van der Waals surface area contributed by atoms with Crippen LogP contribution in [0.5, 0.6) is 0 Å². The fourth-order valence-corrected chi connectivity index (χ4v) is 3.62. The number of likely N-dealkylation sites (tertiary alicyclic amines) is 1. The second kappa shape index (κ2) is 8.73. The molecule has 1 atom stereocenters. The van der Waals surface area contributed by atoms with Crippen LogP contribution in [-0.2, 0) is 4.74 Å². The number of ether oxygens (including phenoxy) is 1. The molecule has 0 saturated carbocycles. The molecular formula is C19H25ClN4O3. The number of nitrogens with two attached hydrogens (primary N) is 1. The van der Waals surface area contributed by atoms with Crippen molar-refractivity contribution in [3.63, 3.8) is 0 Å². The van der Waals surface area contributed by atoms with Gasteiger partial charge in [-0.1, -0.05) is 35.5 Å². The highest BCUT2D eigenvalue weighted by atomic mass is 35.5. The Hall–Kier alpha value is -2.09. The number of amides is 1. The topological polar surface area (TPSA) is 84.8 Å². The lowest BCUT2D eigenvalue weighted by Crippen LogP contribution is -2.38. The van der Waals surface area contributed by atoms with Crippen molar-refractivity contribution in [2.45, 2.75) is 6.42 Å². The minimum Gasteiger partial charge on any atom is -0.378 e. The van der Waals surface area contributed by atoms with Gasteiger partial charge in [-0.05, 0) is 18.9 Å². The summed E-state index contributed by atoms with van der Waals surface area (Å²) in [5, 5.41) is 4.27. The molecular weight excluding hydrogens is 368 g/mol. The summed E-state index contributed by atoms with van der Waals surface area (Å²) in [6.45, 7) is 4.68. The third-order valence-electron chi connectivity index (χ3n) is 5.14. The first-order chi connectivity index (χ1) is 12.8. The van der Waals surface area contributed by atoms with Gasteiger partial charge < -0.3 is 24.8 Å². The Morgan fingerprint density at radius 3 is 2.59 bits per heavy atom. The van der Waals surface area contributed by atoms with E-state index < -0.39 is 0 Å². The molecule has 0 spiro atoms. The lowest BCUT2D eigenvalue weighted by molar-refractivity contribution is 0.0787. The smallest absolute Gasteiger partial charge is 0.261 e. The van der Waals surface area contributed by atoms with Gasteiger partial charge >= 0.3 is 0 Å². The highest BCUT2D eigenvalue weighted by Crippen LogP contribution is 2.34. The molecule has 4 rings (SSSR count). The number of hydrogen-bond acceptors (Lipinski definition) is 6. The van der Waals surface area contributed by atoms with E-state index in [1.165, 1.54) is 0 Å².